The van der Waals surface area contributed by atoms with Crippen LogP contribution in [0.5, 0.6) is 0 Å². The minimum absolute atomic E-state index is 0.103. The number of aromatic amines is 1. The second-order valence-electron chi connectivity index (χ2n) is 4.42. The van der Waals surface area contributed by atoms with Crippen LogP contribution in [0.2, 0.25) is 0 Å². The molecule has 0 fully saturated rings. The van der Waals surface area contributed by atoms with Crippen LogP contribution >= 0.6 is 0 Å². The van der Waals surface area contributed by atoms with Gasteiger partial charge in [0.05, 0.1) is 6.61 Å². The number of H-pyrrole nitrogens is 1. The minimum atomic E-state index is -3.70. The van der Waals surface area contributed by atoms with Gasteiger partial charge >= 0.3 is 5.97 Å². The molecule has 1 aromatic rings. The predicted octanol–water partition coefficient (Wildman–Crippen LogP) is 0.664. The third-order valence-corrected chi connectivity index (χ3v) is 3.63. The first-order valence-corrected chi connectivity index (χ1v) is 7.30. The average Bonchev–Trinajstić information content (AvgIpc) is 2.77. The summed E-state index contributed by atoms with van der Waals surface area (Å²) in [5.41, 5.74) is -0.170. The molecule has 0 spiro atoms. The van der Waals surface area contributed by atoms with Crippen LogP contribution in [0.15, 0.2) is 17.2 Å². The molecule has 0 aliphatic heterocycles. The van der Waals surface area contributed by atoms with Crippen molar-refractivity contribution in [3.8, 4) is 0 Å². The van der Waals surface area contributed by atoms with Gasteiger partial charge in [-0.2, -0.15) is 0 Å². The zero-order valence-electron chi connectivity index (χ0n) is 10.8. The number of carboxylic acid groups (broad SMARTS) is 1. The van der Waals surface area contributed by atoms with Crippen molar-refractivity contribution in [2.75, 3.05) is 19.8 Å². The highest BCUT2D eigenvalue weighted by atomic mass is 32.2. The molecule has 0 unspecified atom stereocenters. The van der Waals surface area contributed by atoms with Gasteiger partial charge in [-0.25, -0.2) is 17.9 Å². The molecule has 19 heavy (non-hydrogen) atoms. The molecular formula is C11H18N2O5S. The fourth-order valence-corrected chi connectivity index (χ4v) is 2.31. The molecule has 0 aromatic carbocycles. The average molecular weight is 290 g/mol. The second kappa shape index (κ2) is 6.69. The Kier molecular flexibility index (Phi) is 5.52. The summed E-state index contributed by atoms with van der Waals surface area (Å²) in [5, 5.41) is 8.70. The van der Waals surface area contributed by atoms with Gasteiger partial charge in [-0.1, -0.05) is 13.8 Å². The van der Waals surface area contributed by atoms with Crippen LogP contribution in [0, 0.1) is 5.92 Å². The Balaban J connectivity index is 2.49. The zero-order chi connectivity index (χ0) is 14.5. The van der Waals surface area contributed by atoms with Crippen LogP contribution in [0.4, 0.5) is 0 Å². The Bertz CT molecular complexity index is 521. The number of ether oxygens (including phenoxy) is 1. The van der Waals surface area contributed by atoms with E-state index in [0.29, 0.717) is 12.5 Å². The summed E-state index contributed by atoms with van der Waals surface area (Å²) in [5.74, 6) is -0.818. The van der Waals surface area contributed by atoms with Crippen molar-refractivity contribution in [1.82, 2.24) is 9.71 Å². The molecule has 0 saturated heterocycles. The quantitative estimate of drug-likeness (QED) is 0.610. The number of aromatic carboxylic acids is 1. The van der Waals surface area contributed by atoms with Crippen molar-refractivity contribution in [2.24, 2.45) is 5.92 Å². The summed E-state index contributed by atoms with van der Waals surface area (Å²) in [4.78, 5) is 12.9. The first-order chi connectivity index (χ1) is 8.83. The molecule has 0 aliphatic rings. The van der Waals surface area contributed by atoms with Crippen LogP contribution in [-0.4, -0.2) is 44.2 Å². The summed E-state index contributed by atoms with van der Waals surface area (Å²) in [7, 11) is -3.70. The van der Waals surface area contributed by atoms with E-state index in [-0.39, 0.29) is 23.7 Å². The van der Waals surface area contributed by atoms with E-state index in [0.717, 1.165) is 12.3 Å². The SMILES string of the molecule is CC(C)COCCNS(=O)(=O)c1c[nH]c(C(=O)O)c1. The molecule has 1 heterocycles. The summed E-state index contributed by atoms with van der Waals surface area (Å²) < 4.78 is 31.1. The van der Waals surface area contributed by atoms with Crippen LogP contribution in [0.3, 0.4) is 0 Å². The molecule has 0 atom stereocenters. The molecule has 108 valence electrons. The largest absolute Gasteiger partial charge is 0.477 e. The van der Waals surface area contributed by atoms with Crippen molar-refractivity contribution in [1.29, 1.82) is 0 Å². The van der Waals surface area contributed by atoms with Crippen LogP contribution in [0.25, 0.3) is 0 Å². The monoisotopic (exact) mass is 290 g/mol. The highest BCUT2D eigenvalue weighted by Crippen LogP contribution is 2.10. The lowest BCUT2D eigenvalue weighted by Gasteiger charge is -2.07. The van der Waals surface area contributed by atoms with Crippen LogP contribution in [-0.2, 0) is 14.8 Å². The van der Waals surface area contributed by atoms with Gasteiger partial charge < -0.3 is 14.8 Å². The van der Waals surface area contributed by atoms with E-state index in [9.17, 15) is 13.2 Å². The molecule has 0 amide bonds. The smallest absolute Gasteiger partial charge is 0.352 e. The van der Waals surface area contributed by atoms with Crippen molar-refractivity contribution in [3.63, 3.8) is 0 Å². The Morgan fingerprint density at radius 2 is 2.21 bits per heavy atom. The molecule has 0 saturated carbocycles. The Morgan fingerprint density at radius 1 is 1.53 bits per heavy atom. The predicted molar refractivity (Wildman–Crippen MR) is 68.6 cm³/mol. The maximum absolute atomic E-state index is 11.8. The van der Waals surface area contributed by atoms with Crippen LogP contribution in [0.1, 0.15) is 24.3 Å². The molecule has 0 radical (unpaired) electrons. The Morgan fingerprint density at radius 3 is 2.74 bits per heavy atom. The first kappa shape index (κ1) is 15.7. The van der Waals surface area contributed by atoms with Gasteiger partial charge in [0.25, 0.3) is 0 Å². The Hall–Kier alpha value is -1.38. The van der Waals surface area contributed by atoms with Gasteiger partial charge in [-0.15, -0.1) is 0 Å². The standard InChI is InChI=1S/C11H18N2O5S/c1-8(2)7-18-4-3-13-19(16,17)9-5-10(11(14)15)12-6-9/h5-6,8,12-13H,3-4,7H2,1-2H3,(H,14,15). The van der Waals surface area contributed by atoms with Gasteiger partial charge in [0.15, 0.2) is 0 Å². The lowest BCUT2D eigenvalue weighted by molar-refractivity contribution is 0.0691. The Labute approximate surface area is 112 Å². The number of carbonyl (C=O) groups is 1. The number of sulfonamides is 1. The normalized spacial score (nSPS) is 11.9. The van der Waals surface area contributed by atoms with Crippen molar-refractivity contribution in [3.05, 3.63) is 18.0 Å². The van der Waals surface area contributed by atoms with Crippen molar-refractivity contribution in [2.45, 2.75) is 18.7 Å². The molecule has 7 nitrogen and oxygen atoms in total. The first-order valence-electron chi connectivity index (χ1n) is 5.82. The van der Waals surface area contributed by atoms with E-state index in [4.69, 9.17) is 9.84 Å². The second-order valence-corrected chi connectivity index (χ2v) is 6.19. The molecule has 1 aromatic heterocycles. The zero-order valence-corrected chi connectivity index (χ0v) is 11.7. The number of carboxylic acids is 1. The number of rotatable bonds is 8. The lowest BCUT2D eigenvalue weighted by Crippen LogP contribution is -2.27. The molecular weight excluding hydrogens is 272 g/mol. The minimum Gasteiger partial charge on any atom is -0.477 e. The summed E-state index contributed by atoms with van der Waals surface area (Å²) in [6.45, 7) is 4.97. The van der Waals surface area contributed by atoms with Crippen molar-refractivity contribution >= 4 is 16.0 Å². The summed E-state index contributed by atoms with van der Waals surface area (Å²) in [6, 6.07) is 1.07. The number of hydrogen-bond donors (Lipinski definition) is 3. The maximum Gasteiger partial charge on any atom is 0.352 e. The van der Waals surface area contributed by atoms with E-state index < -0.39 is 16.0 Å². The maximum atomic E-state index is 11.8. The number of aromatic nitrogens is 1. The fraction of sp³-hybridized carbons (Fsp3) is 0.545. The lowest BCUT2D eigenvalue weighted by atomic mass is 10.2. The van der Waals surface area contributed by atoms with Crippen LogP contribution < -0.4 is 4.72 Å². The van der Waals surface area contributed by atoms with E-state index in [2.05, 4.69) is 9.71 Å². The summed E-state index contributed by atoms with van der Waals surface area (Å²) in [6.07, 6.45) is 1.14. The van der Waals surface area contributed by atoms with Gasteiger partial charge in [0, 0.05) is 19.3 Å². The van der Waals surface area contributed by atoms with E-state index in [1.54, 1.807) is 0 Å². The number of hydrogen-bond acceptors (Lipinski definition) is 4. The third-order valence-electron chi connectivity index (χ3n) is 2.19. The summed E-state index contributed by atoms with van der Waals surface area (Å²) >= 11 is 0. The fourth-order valence-electron chi connectivity index (χ4n) is 1.30. The number of nitrogens with one attached hydrogen (secondary N) is 2. The van der Waals surface area contributed by atoms with E-state index in [1.165, 1.54) is 0 Å². The van der Waals surface area contributed by atoms with Gasteiger partial charge in [-0.3, -0.25) is 0 Å². The molecule has 0 bridgehead atoms. The molecule has 3 N–H and O–H groups in total. The van der Waals surface area contributed by atoms with Gasteiger partial charge in [-0.05, 0) is 12.0 Å². The highest BCUT2D eigenvalue weighted by Gasteiger charge is 2.17. The van der Waals surface area contributed by atoms with E-state index in [1.807, 2.05) is 13.8 Å². The third kappa shape index (κ3) is 5.01. The molecule has 0 aliphatic carbocycles. The highest BCUT2D eigenvalue weighted by molar-refractivity contribution is 7.89. The van der Waals surface area contributed by atoms with E-state index >= 15 is 0 Å². The molecule has 1 rings (SSSR count). The molecule has 8 heteroatoms. The topological polar surface area (TPSA) is 108 Å². The van der Waals surface area contributed by atoms with Crippen molar-refractivity contribution < 1.29 is 23.1 Å². The van der Waals surface area contributed by atoms with Gasteiger partial charge in [0.1, 0.15) is 10.6 Å². The van der Waals surface area contributed by atoms with Gasteiger partial charge in [0.2, 0.25) is 10.0 Å².